The Kier molecular flexibility index (Phi) is 9.11. The summed E-state index contributed by atoms with van der Waals surface area (Å²) in [5.74, 6) is 3.06. The van der Waals surface area contributed by atoms with Crippen molar-refractivity contribution in [2.45, 2.75) is 66.3 Å². The Labute approximate surface area is 165 Å². The number of nitrogens with zero attached hydrogens (tertiary/aromatic N) is 4. The van der Waals surface area contributed by atoms with Gasteiger partial charge in [0.25, 0.3) is 0 Å². The largest absolute Gasteiger partial charge is 0.359 e. The molecular weight excluding hydrogens is 338 g/mol. The van der Waals surface area contributed by atoms with Crippen LogP contribution in [0.3, 0.4) is 0 Å². The lowest BCUT2D eigenvalue weighted by molar-refractivity contribution is 0.255. The topological polar surface area (TPSA) is 56.9 Å². The molecule has 1 atom stereocenters. The highest BCUT2D eigenvalue weighted by atomic mass is 16.5. The monoisotopic (exact) mass is 377 g/mol. The van der Waals surface area contributed by atoms with E-state index >= 15 is 0 Å². The Balaban J connectivity index is 1.96. The molecule has 1 unspecified atom stereocenters. The molecule has 0 saturated carbocycles. The van der Waals surface area contributed by atoms with Gasteiger partial charge in [0.2, 0.25) is 0 Å². The molecule has 0 radical (unpaired) electrons. The molecule has 2 rings (SSSR count). The third-order valence-corrected chi connectivity index (χ3v) is 5.70. The maximum atomic E-state index is 5.53. The number of nitrogens with one attached hydrogen (secondary N) is 1. The van der Waals surface area contributed by atoms with Crippen LogP contribution in [0, 0.1) is 5.92 Å². The van der Waals surface area contributed by atoms with Gasteiger partial charge in [-0.25, -0.2) is 4.99 Å². The molecule has 0 aromatic carbocycles. The van der Waals surface area contributed by atoms with E-state index in [0.717, 1.165) is 68.9 Å². The molecule has 2 heterocycles. The quantitative estimate of drug-likeness (QED) is 0.498. The van der Waals surface area contributed by atoms with Gasteiger partial charge in [-0.3, -0.25) is 0 Å². The second-order valence-electron chi connectivity index (χ2n) is 7.49. The number of guanidine groups is 1. The van der Waals surface area contributed by atoms with Gasteiger partial charge in [0.05, 0.1) is 5.69 Å². The molecule has 6 heteroatoms. The second-order valence-corrected chi connectivity index (χ2v) is 7.49. The van der Waals surface area contributed by atoms with Crippen LogP contribution in [0.4, 0.5) is 0 Å². The van der Waals surface area contributed by atoms with Gasteiger partial charge in [-0.15, -0.1) is 0 Å². The third-order valence-electron chi connectivity index (χ3n) is 5.70. The van der Waals surface area contributed by atoms with Crippen LogP contribution in [0.25, 0.3) is 0 Å². The number of aliphatic imine (C=N–C) groups is 1. The van der Waals surface area contributed by atoms with Crippen LogP contribution < -0.4 is 5.32 Å². The zero-order valence-electron chi connectivity index (χ0n) is 18.0. The molecule has 0 amide bonds. The molecule has 1 aromatic heterocycles. The first kappa shape index (κ1) is 21.7. The van der Waals surface area contributed by atoms with Gasteiger partial charge in [0.1, 0.15) is 6.54 Å². The fourth-order valence-corrected chi connectivity index (χ4v) is 3.90. The van der Waals surface area contributed by atoms with Crippen LogP contribution in [0.15, 0.2) is 15.6 Å². The van der Waals surface area contributed by atoms with Crippen molar-refractivity contribution in [1.29, 1.82) is 0 Å². The Morgan fingerprint density at radius 3 is 2.67 bits per heavy atom. The molecule has 1 N–H and O–H groups in total. The number of rotatable bonds is 10. The van der Waals surface area contributed by atoms with Gasteiger partial charge < -0.3 is 19.6 Å². The smallest absolute Gasteiger partial charge is 0.194 e. The first-order chi connectivity index (χ1) is 13.1. The van der Waals surface area contributed by atoms with Crippen molar-refractivity contribution < 1.29 is 4.52 Å². The van der Waals surface area contributed by atoms with E-state index in [1.807, 2.05) is 0 Å². The lowest BCUT2D eigenvalue weighted by Crippen LogP contribution is -2.40. The van der Waals surface area contributed by atoms with E-state index in [1.165, 1.54) is 13.0 Å². The molecule has 1 aliphatic rings. The highest BCUT2D eigenvalue weighted by Gasteiger charge is 2.26. The van der Waals surface area contributed by atoms with Crippen LogP contribution >= 0.6 is 0 Å². The van der Waals surface area contributed by atoms with Crippen LogP contribution in [0.1, 0.15) is 71.3 Å². The van der Waals surface area contributed by atoms with Crippen LogP contribution in [0.2, 0.25) is 0 Å². The Morgan fingerprint density at radius 2 is 2.04 bits per heavy atom. The summed E-state index contributed by atoms with van der Waals surface area (Å²) < 4.78 is 5.53. The standard InChI is InChI=1S/C21H39N5O/c1-6-18(7-2)20-13-19(27-24-20)14-23-21(22-8-3)26-12-11-17(16-26)15-25(9-4)10-5/h13,17-18H,6-12,14-16H2,1-5H3,(H,22,23). The fraction of sp³-hybridized carbons (Fsp3) is 0.810. The lowest BCUT2D eigenvalue weighted by atomic mass is 9.99. The summed E-state index contributed by atoms with van der Waals surface area (Å²) in [6, 6.07) is 2.08. The van der Waals surface area contributed by atoms with Gasteiger partial charge in [0.15, 0.2) is 11.7 Å². The van der Waals surface area contributed by atoms with Crippen molar-refractivity contribution in [3.63, 3.8) is 0 Å². The molecule has 0 aliphatic carbocycles. The summed E-state index contributed by atoms with van der Waals surface area (Å²) in [5.41, 5.74) is 1.07. The summed E-state index contributed by atoms with van der Waals surface area (Å²) in [5, 5.41) is 7.71. The normalized spacial score (nSPS) is 18.1. The molecule has 1 aliphatic heterocycles. The van der Waals surface area contributed by atoms with Crippen molar-refractivity contribution >= 4 is 5.96 Å². The van der Waals surface area contributed by atoms with E-state index in [2.05, 4.69) is 61.0 Å². The lowest BCUT2D eigenvalue weighted by Gasteiger charge is -2.24. The maximum Gasteiger partial charge on any atom is 0.194 e. The number of aromatic nitrogens is 1. The molecular formula is C21H39N5O. The minimum absolute atomic E-state index is 0.485. The molecule has 0 bridgehead atoms. The minimum atomic E-state index is 0.485. The zero-order valence-corrected chi connectivity index (χ0v) is 18.0. The van der Waals surface area contributed by atoms with Gasteiger partial charge in [-0.05, 0) is 45.2 Å². The molecule has 1 fully saturated rings. The number of likely N-dealkylation sites (tertiary alicyclic amines) is 1. The molecule has 154 valence electrons. The molecule has 1 saturated heterocycles. The Morgan fingerprint density at radius 1 is 1.30 bits per heavy atom. The van der Waals surface area contributed by atoms with Crippen molar-refractivity contribution in [1.82, 2.24) is 20.3 Å². The SMILES string of the molecule is CCNC(=NCc1cc(C(CC)CC)no1)N1CCC(CN(CC)CC)C1. The van der Waals surface area contributed by atoms with E-state index in [4.69, 9.17) is 9.52 Å². The van der Waals surface area contributed by atoms with Crippen molar-refractivity contribution in [2.75, 3.05) is 39.3 Å². The van der Waals surface area contributed by atoms with E-state index in [-0.39, 0.29) is 0 Å². The summed E-state index contributed by atoms with van der Waals surface area (Å²) in [6.45, 7) is 18.0. The molecule has 27 heavy (non-hydrogen) atoms. The molecule has 0 spiro atoms. The van der Waals surface area contributed by atoms with E-state index in [0.29, 0.717) is 12.5 Å². The van der Waals surface area contributed by atoms with E-state index in [9.17, 15) is 0 Å². The molecule has 6 nitrogen and oxygen atoms in total. The highest BCUT2D eigenvalue weighted by molar-refractivity contribution is 5.80. The summed E-state index contributed by atoms with van der Waals surface area (Å²) in [7, 11) is 0. The van der Waals surface area contributed by atoms with Gasteiger partial charge in [-0.1, -0.05) is 32.9 Å². The van der Waals surface area contributed by atoms with Gasteiger partial charge >= 0.3 is 0 Å². The van der Waals surface area contributed by atoms with E-state index in [1.54, 1.807) is 0 Å². The van der Waals surface area contributed by atoms with Crippen LogP contribution in [-0.4, -0.2) is 60.2 Å². The highest BCUT2D eigenvalue weighted by Crippen LogP contribution is 2.23. The average Bonchev–Trinajstić information content (AvgIpc) is 3.34. The van der Waals surface area contributed by atoms with Crippen molar-refractivity contribution in [3.8, 4) is 0 Å². The predicted octanol–water partition coefficient (Wildman–Crippen LogP) is 3.71. The zero-order chi connectivity index (χ0) is 19.6. The second kappa shape index (κ2) is 11.3. The third kappa shape index (κ3) is 6.23. The van der Waals surface area contributed by atoms with Crippen LogP contribution in [-0.2, 0) is 6.54 Å². The maximum absolute atomic E-state index is 5.53. The first-order valence-corrected chi connectivity index (χ1v) is 10.9. The average molecular weight is 378 g/mol. The fourth-order valence-electron chi connectivity index (χ4n) is 3.90. The number of hydrogen-bond acceptors (Lipinski definition) is 4. The summed E-state index contributed by atoms with van der Waals surface area (Å²) in [4.78, 5) is 9.75. The van der Waals surface area contributed by atoms with Gasteiger partial charge in [0, 0.05) is 38.2 Å². The summed E-state index contributed by atoms with van der Waals surface area (Å²) in [6.07, 6.45) is 3.42. The van der Waals surface area contributed by atoms with Crippen LogP contribution in [0.5, 0.6) is 0 Å². The Bertz CT molecular complexity index is 563. The molecule has 1 aromatic rings. The Hall–Kier alpha value is -1.56. The predicted molar refractivity (Wildman–Crippen MR) is 112 cm³/mol. The number of hydrogen-bond donors (Lipinski definition) is 1. The first-order valence-electron chi connectivity index (χ1n) is 10.9. The van der Waals surface area contributed by atoms with Gasteiger partial charge in [-0.2, -0.15) is 0 Å². The van der Waals surface area contributed by atoms with E-state index < -0.39 is 0 Å². The summed E-state index contributed by atoms with van der Waals surface area (Å²) >= 11 is 0. The van der Waals surface area contributed by atoms with Crippen molar-refractivity contribution in [2.24, 2.45) is 10.9 Å². The minimum Gasteiger partial charge on any atom is -0.359 e. The van der Waals surface area contributed by atoms with Crippen molar-refractivity contribution in [3.05, 3.63) is 17.5 Å².